The van der Waals surface area contributed by atoms with Crippen LogP contribution in [0.15, 0.2) is 48.5 Å². The van der Waals surface area contributed by atoms with Crippen molar-refractivity contribution in [3.05, 3.63) is 59.4 Å². The van der Waals surface area contributed by atoms with E-state index in [-0.39, 0.29) is 18.4 Å². The number of aromatic nitrogens is 2. The number of halogens is 4. The largest absolute Gasteiger partial charge is 0.478 e. The summed E-state index contributed by atoms with van der Waals surface area (Å²) in [6.07, 6.45) is -3.32. The van der Waals surface area contributed by atoms with Crippen LogP contribution in [-0.2, 0) is 17.5 Å². The molecule has 0 aliphatic carbocycles. The number of ether oxygens (including phenoxy) is 1. The van der Waals surface area contributed by atoms with Gasteiger partial charge in [-0.05, 0) is 69.0 Å². The number of hydrogen-bond acceptors (Lipinski definition) is 3. The van der Waals surface area contributed by atoms with E-state index in [0.717, 1.165) is 0 Å². The van der Waals surface area contributed by atoms with Crippen molar-refractivity contribution >= 4 is 28.5 Å². The van der Waals surface area contributed by atoms with Crippen molar-refractivity contribution in [3.8, 4) is 5.75 Å². The average Bonchev–Trinajstić information content (AvgIpc) is 3.14. The molecule has 3 aromatic rings. The first-order chi connectivity index (χ1) is 15.5. The molecule has 0 saturated carbocycles. The molecule has 2 aromatic carbocycles. The SMILES string of the molecule is CC(C)(Oc1ccc(Cl)cc1)C(=O)N1CCC(Cn2c(C(F)(F)F)nc3ccccc32)CC1. The average molecular weight is 480 g/mol. The van der Waals surface area contributed by atoms with Gasteiger partial charge in [0, 0.05) is 24.7 Å². The molecule has 2 heterocycles. The molecule has 1 aliphatic heterocycles. The van der Waals surface area contributed by atoms with Crippen LogP contribution in [0, 0.1) is 5.92 Å². The third-order valence-electron chi connectivity index (χ3n) is 5.95. The third-order valence-corrected chi connectivity index (χ3v) is 6.20. The molecule has 176 valence electrons. The van der Waals surface area contributed by atoms with Crippen LogP contribution in [0.3, 0.4) is 0 Å². The Balaban J connectivity index is 1.42. The zero-order valence-electron chi connectivity index (χ0n) is 18.4. The van der Waals surface area contributed by atoms with Crippen molar-refractivity contribution in [2.45, 2.75) is 45.0 Å². The van der Waals surface area contributed by atoms with E-state index in [1.54, 1.807) is 67.3 Å². The number of carbonyl (C=O) groups is 1. The van der Waals surface area contributed by atoms with Crippen LogP contribution in [-0.4, -0.2) is 39.0 Å². The number of likely N-dealkylation sites (tertiary alicyclic amines) is 1. The first-order valence-electron chi connectivity index (χ1n) is 10.8. The van der Waals surface area contributed by atoms with E-state index >= 15 is 0 Å². The molecule has 0 radical (unpaired) electrons. The second kappa shape index (κ2) is 8.89. The van der Waals surface area contributed by atoms with Crippen LogP contribution >= 0.6 is 11.6 Å². The summed E-state index contributed by atoms with van der Waals surface area (Å²) in [5.74, 6) is -0.480. The van der Waals surface area contributed by atoms with Gasteiger partial charge in [0.1, 0.15) is 5.75 Å². The first kappa shape index (κ1) is 23.4. The van der Waals surface area contributed by atoms with Crippen molar-refractivity contribution in [2.75, 3.05) is 13.1 Å². The van der Waals surface area contributed by atoms with Crippen LogP contribution in [0.25, 0.3) is 11.0 Å². The highest BCUT2D eigenvalue weighted by atomic mass is 35.5. The fourth-order valence-corrected chi connectivity index (χ4v) is 4.40. The van der Waals surface area contributed by atoms with Crippen molar-refractivity contribution in [3.63, 3.8) is 0 Å². The van der Waals surface area contributed by atoms with Gasteiger partial charge < -0.3 is 14.2 Å². The van der Waals surface area contributed by atoms with Gasteiger partial charge in [0.05, 0.1) is 11.0 Å². The van der Waals surface area contributed by atoms with E-state index in [1.807, 2.05) is 0 Å². The van der Waals surface area contributed by atoms with Crippen LogP contribution in [0.2, 0.25) is 5.02 Å². The molecule has 1 amide bonds. The molecule has 0 unspecified atom stereocenters. The number of amides is 1. The van der Waals surface area contributed by atoms with Crippen LogP contribution in [0.1, 0.15) is 32.5 Å². The van der Waals surface area contributed by atoms with E-state index in [0.29, 0.717) is 47.7 Å². The smallest absolute Gasteiger partial charge is 0.449 e. The Morgan fingerprint density at radius 3 is 2.36 bits per heavy atom. The number of carbonyl (C=O) groups excluding carboxylic acids is 1. The molecular formula is C24H25ClF3N3O2. The molecule has 0 N–H and O–H groups in total. The van der Waals surface area contributed by atoms with Crippen molar-refractivity contribution in [2.24, 2.45) is 5.92 Å². The highest BCUT2D eigenvalue weighted by Crippen LogP contribution is 2.33. The second-order valence-corrected chi connectivity index (χ2v) is 9.27. The molecule has 1 saturated heterocycles. The van der Waals surface area contributed by atoms with Gasteiger partial charge in [-0.2, -0.15) is 13.2 Å². The van der Waals surface area contributed by atoms with E-state index in [9.17, 15) is 18.0 Å². The molecule has 4 rings (SSSR count). The second-order valence-electron chi connectivity index (χ2n) is 8.83. The van der Waals surface area contributed by atoms with E-state index in [4.69, 9.17) is 16.3 Å². The van der Waals surface area contributed by atoms with Gasteiger partial charge in [-0.3, -0.25) is 4.79 Å². The minimum atomic E-state index is -4.53. The zero-order valence-corrected chi connectivity index (χ0v) is 19.2. The molecular weight excluding hydrogens is 455 g/mol. The number of piperidine rings is 1. The Morgan fingerprint density at radius 1 is 1.09 bits per heavy atom. The number of rotatable bonds is 5. The molecule has 5 nitrogen and oxygen atoms in total. The fraction of sp³-hybridized carbons (Fsp3) is 0.417. The number of imidazole rings is 1. The van der Waals surface area contributed by atoms with Crippen molar-refractivity contribution in [1.82, 2.24) is 14.5 Å². The fourth-order valence-electron chi connectivity index (χ4n) is 4.28. The molecule has 1 fully saturated rings. The highest BCUT2D eigenvalue weighted by molar-refractivity contribution is 6.30. The lowest BCUT2D eigenvalue weighted by Crippen LogP contribution is -2.51. The number of benzene rings is 2. The number of hydrogen-bond donors (Lipinski definition) is 0. The molecule has 0 bridgehead atoms. The predicted molar refractivity (Wildman–Crippen MR) is 120 cm³/mol. The maximum absolute atomic E-state index is 13.6. The highest BCUT2D eigenvalue weighted by Gasteiger charge is 2.39. The molecule has 0 spiro atoms. The molecule has 9 heteroatoms. The standard InChI is InChI=1S/C24H25ClF3N3O2/c1-23(2,33-18-9-7-17(25)8-10-18)22(32)30-13-11-16(12-14-30)15-31-20-6-4-3-5-19(20)29-21(31)24(26,27)28/h3-10,16H,11-15H2,1-2H3. The summed E-state index contributed by atoms with van der Waals surface area (Å²) in [5.41, 5.74) is -0.274. The van der Waals surface area contributed by atoms with Crippen molar-refractivity contribution in [1.29, 1.82) is 0 Å². The van der Waals surface area contributed by atoms with E-state index < -0.39 is 17.6 Å². The Hall–Kier alpha value is -2.74. The summed E-state index contributed by atoms with van der Waals surface area (Å²) >= 11 is 5.90. The number of alkyl halides is 3. The normalized spacial score (nSPS) is 15.8. The summed E-state index contributed by atoms with van der Waals surface area (Å²) in [5, 5.41) is 0.577. The van der Waals surface area contributed by atoms with Gasteiger partial charge in [-0.1, -0.05) is 23.7 Å². The van der Waals surface area contributed by atoms with Crippen LogP contribution in [0.5, 0.6) is 5.75 Å². The lowest BCUT2D eigenvalue weighted by molar-refractivity contribution is -0.147. The first-order valence-corrected chi connectivity index (χ1v) is 11.2. The van der Waals surface area contributed by atoms with Gasteiger partial charge >= 0.3 is 6.18 Å². The lowest BCUT2D eigenvalue weighted by atomic mass is 9.95. The summed E-state index contributed by atoms with van der Waals surface area (Å²) in [4.78, 5) is 18.6. The molecule has 1 aromatic heterocycles. The summed E-state index contributed by atoms with van der Waals surface area (Å²) in [6, 6.07) is 13.4. The van der Waals surface area contributed by atoms with Gasteiger partial charge in [0.25, 0.3) is 5.91 Å². The van der Waals surface area contributed by atoms with Gasteiger partial charge in [0.15, 0.2) is 5.60 Å². The van der Waals surface area contributed by atoms with Gasteiger partial charge in [0.2, 0.25) is 5.82 Å². The third kappa shape index (κ3) is 5.11. The Labute approximate surface area is 195 Å². The molecule has 1 aliphatic rings. The number of nitrogens with zero attached hydrogens (tertiary/aromatic N) is 3. The van der Waals surface area contributed by atoms with Gasteiger partial charge in [-0.15, -0.1) is 0 Å². The van der Waals surface area contributed by atoms with Crippen LogP contribution < -0.4 is 4.74 Å². The Bertz CT molecular complexity index is 1130. The topological polar surface area (TPSA) is 47.4 Å². The maximum Gasteiger partial charge on any atom is 0.449 e. The maximum atomic E-state index is 13.6. The van der Waals surface area contributed by atoms with E-state index in [1.165, 1.54) is 4.57 Å². The summed E-state index contributed by atoms with van der Waals surface area (Å²) < 4.78 is 47.9. The van der Waals surface area contributed by atoms with Crippen molar-refractivity contribution < 1.29 is 22.7 Å². The predicted octanol–water partition coefficient (Wildman–Crippen LogP) is 5.80. The van der Waals surface area contributed by atoms with Gasteiger partial charge in [-0.25, -0.2) is 4.98 Å². The van der Waals surface area contributed by atoms with Crippen LogP contribution in [0.4, 0.5) is 13.2 Å². The Morgan fingerprint density at radius 2 is 1.73 bits per heavy atom. The molecule has 33 heavy (non-hydrogen) atoms. The summed E-state index contributed by atoms with van der Waals surface area (Å²) in [7, 11) is 0. The minimum Gasteiger partial charge on any atom is -0.478 e. The van der Waals surface area contributed by atoms with E-state index in [2.05, 4.69) is 4.98 Å². The lowest BCUT2D eigenvalue weighted by Gasteiger charge is -2.37. The zero-order chi connectivity index (χ0) is 23.8. The molecule has 0 atom stereocenters. The summed E-state index contributed by atoms with van der Waals surface area (Å²) in [6.45, 7) is 4.56. The minimum absolute atomic E-state index is 0.00746. The Kier molecular flexibility index (Phi) is 6.31. The quantitative estimate of drug-likeness (QED) is 0.464. The number of fused-ring (bicyclic) bond motifs is 1. The monoisotopic (exact) mass is 479 g/mol. The number of para-hydroxylation sites is 2.